The number of nitro groups is 1. The molecule has 0 spiro atoms. The Bertz CT molecular complexity index is 513. The van der Waals surface area contributed by atoms with Crippen molar-refractivity contribution in [3.05, 3.63) is 34.4 Å². The van der Waals surface area contributed by atoms with Crippen LogP contribution < -0.4 is 10.1 Å². The standard InChI is InChI=1S/C15H21N3O3/c1-3-15(12-16,17-4-2)10-7-11-21-14-9-6-5-8-13(14)18(19)20/h5-6,8-9,17H,3-4,7,10-11H2,1-2H3. The van der Waals surface area contributed by atoms with Crippen LogP contribution in [0.5, 0.6) is 5.75 Å². The van der Waals surface area contributed by atoms with Gasteiger partial charge in [-0.25, -0.2) is 0 Å². The van der Waals surface area contributed by atoms with Gasteiger partial charge in [0.25, 0.3) is 0 Å². The normalized spacial score (nSPS) is 13.2. The Morgan fingerprint density at radius 2 is 2.14 bits per heavy atom. The summed E-state index contributed by atoms with van der Waals surface area (Å²) in [7, 11) is 0. The van der Waals surface area contributed by atoms with Gasteiger partial charge in [-0.15, -0.1) is 0 Å². The Morgan fingerprint density at radius 1 is 1.43 bits per heavy atom. The van der Waals surface area contributed by atoms with E-state index >= 15 is 0 Å². The fourth-order valence-corrected chi connectivity index (χ4v) is 2.19. The zero-order valence-electron chi connectivity index (χ0n) is 12.5. The molecule has 6 heteroatoms. The van der Waals surface area contributed by atoms with Crippen LogP contribution in [0.3, 0.4) is 0 Å². The van der Waals surface area contributed by atoms with Crippen molar-refractivity contribution >= 4 is 5.69 Å². The second-order valence-electron chi connectivity index (χ2n) is 4.75. The number of rotatable bonds is 9. The summed E-state index contributed by atoms with van der Waals surface area (Å²) in [6.45, 7) is 5.01. The molecule has 1 aromatic carbocycles. The number of nitrogens with one attached hydrogen (secondary N) is 1. The molecule has 0 heterocycles. The van der Waals surface area contributed by atoms with Crippen molar-refractivity contribution in [2.75, 3.05) is 13.2 Å². The molecule has 0 aliphatic heterocycles. The molecule has 0 aliphatic carbocycles. The lowest BCUT2D eigenvalue weighted by molar-refractivity contribution is -0.385. The average molecular weight is 291 g/mol. The summed E-state index contributed by atoms with van der Waals surface area (Å²) in [6, 6.07) is 8.63. The molecule has 1 atom stereocenters. The van der Waals surface area contributed by atoms with Crippen molar-refractivity contribution in [2.45, 2.75) is 38.6 Å². The number of nitrogens with zero attached hydrogens (tertiary/aromatic N) is 2. The molecule has 0 amide bonds. The molecular weight excluding hydrogens is 270 g/mol. The highest BCUT2D eigenvalue weighted by Gasteiger charge is 2.26. The summed E-state index contributed by atoms with van der Waals surface area (Å²) in [5.41, 5.74) is -0.577. The van der Waals surface area contributed by atoms with Crippen molar-refractivity contribution < 1.29 is 9.66 Å². The third kappa shape index (κ3) is 4.72. The zero-order chi connectivity index (χ0) is 15.7. The van der Waals surface area contributed by atoms with E-state index in [1.54, 1.807) is 18.2 Å². The maximum atomic E-state index is 10.9. The molecule has 0 bridgehead atoms. The molecule has 1 unspecified atom stereocenters. The predicted octanol–water partition coefficient (Wildman–Crippen LogP) is 3.04. The van der Waals surface area contributed by atoms with Crippen LogP contribution in [-0.2, 0) is 0 Å². The fourth-order valence-electron chi connectivity index (χ4n) is 2.19. The van der Waals surface area contributed by atoms with Gasteiger partial charge in [-0.1, -0.05) is 26.0 Å². The van der Waals surface area contributed by atoms with Crippen molar-refractivity contribution in [1.82, 2.24) is 5.32 Å². The van der Waals surface area contributed by atoms with Crippen LogP contribution in [0, 0.1) is 21.4 Å². The maximum absolute atomic E-state index is 10.9. The van der Waals surface area contributed by atoms with Gasteiger partial charge in [0.05, 0.1) is 17.6 Å². The molecule has 1 rings (SSSR count). The first-order valence-electron chi connectivity index (χ1n) is 7.11. The Hall–Kier alpha value is -2.13. The molecule has 114 valence electrons. The predicted molar refractivity (Wildman–Crippen MR) is 80.1 cm³/mol. The van der Waals surface area contributed by atoms with Gasteiger partial charge in [-0.05, 0) is 31.9 Å². The van der Waals surface area contributed by atoms with E-state index < -0.39 is 10.5 Å². The largest absolute Gasteiger partial charge is 0.487 e. The maximum Gasteiger partial charge on any atom is 0.310 e. The smallest absolute Gasteiger partial charge is 0.310 e. The van der Waals surface area contributed by atoms with Crippen LogP contribution >= 0.6 is 0 Å². The van der Waals surface area contributed by atoms with E-state index in [2.05, 4.69) is 11.4 Å². The molecule has 0 saturated heterocycles. The summed E-state index contributed by atoms with van der Waals surface area (Å²) in [4.78, 5) is 10.4. The van der Waals surface area contributed by atoms with Crippen molar-refractivity contribution in [1.29, 1.82) is 5.26 Å². The summed E-state index contributed by atoms with van der Waals surface area (Å²) in [5, 5.41) is 23.4. The van der Waals surface area contributed by atoms with Crippen molar-refractivity contribution in [3.8, 4) is 11.8 Å². The third-order valence-electron chi connectivity index (χ3n) is 3.40. The third-order valence-corrected chi connectivity index (χ3v) is 3.40. The Balaban J connectivity index is 2.55. The molecular formula is C15H21N3O3. The minimum Gasteiger partial charge on any atom is -0.487 e. The van der Waals surface area contributed by atoms with Gasteiger partial charge in [0, 0.05) is 6.07 Å². The fraction of sp³-hybridized carbons (Fsp3) is 0.533. The van der Waals surface area contributed by atoms with Crippen LogP contribution in [0.15, 0.2) is 24.3 Å². The first-order valence-corrected chi connectivity index (χ1v) is 7.11. The highest BCUT2D eigenvalue weighted by molar-refractivity contribution is 5.45. The monoisotopic (exact) mass is 291 g/mol. The van der Waals surface area contributed by atoms with Gasteiger partial charge in [0.1, 0.15) is 5.54 Å². The summed E-state index contributed by atoms with van der Waals surface area (Å²) in [6.07, 6.45) is 2.01. The molecule has 0 aliphatic rings. The molecule has 0 fully saturated rings. The van der Waals surface area contributed by atoms with E-state index in [-0.39, 0.29) is 11.4 Å². The number of para-hydroxylation sites is 2. The van der Waals surface area contributed by atoms with E-state index in [4.69, 9.17) is 4.74 Å². The van der Waals surface area contributed by atoms with Crippen molar-refractivity contribution in [3.63, 3.8) is 0 Å². The quantitative estimate of drug-likeness (QED) is 0.429. The zero-order valence-corrected chi connectivity index (χ0v) is 12.5. The lowest BCUT2D eigenvalue weighted by atomic mass is 9.92. The van der Waals surface area contributed by atoms with Gasteiger partial charge >= 0.3 is 5.69 Å². The Morgan fingerprint density at radius 3 is 2.71 bits per heavy atom. The molecule has 0 aromatic heterocycles. The van der Waals surface area contributed by atoms with Gasteiger partial charge in [0.2, 0.25) is 0 Å². The molecule has 21 heavy (non-hydrogen) atoms. The van der Waals surface area contributed by atoms with Crippen LogP contribution in [0.2, 0.25) is 0 Å². The number of nitriles is 1. The lowest BCUT2D eigenvalue weighted by Crippen LogP contribution is -2.43. The topological polar surface area (TPSA) is 88.2 Å². The highest BCUT2D eigenvalue weighted by Crippen LogP contribution is 2.26. The first-order chi connectivity index (χ1) is 10.1. The minimum atomic E-state index is -0.541. The van der Waals surface area contributed by atoms with E-state index in [1.165, 1.54) is 6.07 Å². The van der Waals surface area contributed by atoms with E-state index in [1.807, 2.05) is 13.8 Å². The van der Waals surface area contributed by atoms with Crippen LogP contribution in [-0.4, -0.2) is 23.6 Å². The van der Waals surface area contributed by atoms with E-state index in [0.717, 1.165) is 6.54 Å². The molecule has 6 nitrogen and oxygen atoms in total. The number of ether oxygens (including phenoxy) is 1. The molecule has 0 saturated carbocycles. The van der Waals surface area contributed by atoms with Crippen molar-refractivity contribution in [2.24, 2.45) is 0 Å². The number of nitro benzene ring substituents is 1. The average Bonchev–Trinajstić information content (AvgIpc) is 2.50. The van der Waals surface area contributed by atoms with Crippen LogP contribution in [0.25, 0.3) is 0 Å². The SMILES string of the molecule is CCNC(C#N)(CC)CCCOc1ccccc1[N+](=O)[O-]. The molecule has 1 N–H and O–H groups in total. The highest BCUT2D eigenvalue weighted by atomic mass is 16.6. The molecule has 0 radical (unpaired) electrons. The first kappa shape index (κ1) is 16.9. The minimum absolute atomic E-state index is 0.0359. The van der Waals surface area contributed by atoms with Crippen LogP contribution in [0.4, 0.5) is 5.69 Å². The van der Waals surface area contributed by atoms with Gasteiger partial charge in [0.15, 0.2) is 5.75 Å². The number of benzene rings is 1. The second kappa shape index (κ2) is 8.22. The second-order valence-corrected chi connectivity index (χ2v) is 4.75. The van der Waals surface area contributed by atoms with Gasteiger partial charge in [-0.2, -0.15) is 5.26 Å². The Labute approximate surface area is 124 Å². The lowest BCUT2D eigenvalue weighted by Gasteiger charge is -2.25. The number of hydrogen-bond acceptors (Lipinski definition) is 5. The van der Waals surface area contributed by atoms with E-state index in [0.29, 0.717) is 25.9 Å². The summed E-state index contributed by atoms with van der Waals surface area (Å²) >= 11 is 0. The van der Waals surface area contributed by atoms with Crippen LogP contribution in [0.1, 0.15) is 33.1 Å². The van der Waals surface area contributed by atoms with Gasteiger partial charge < -0.3 is 4.74 Å². The summed E-state index contributed by atoms with van der Waals surface area (Å²) < 4.78 is 5.48. The Kier molecular flexibility index (Phi) is 6.63. The molecule has 1 aromatic rings. The number of hydrogen-bond donors (Lipinski definition) is 1. The van der Waals surface area contributed by atoms with E-state index in [9.17, 15) is 15.4 Å². The summed E-state index contributed by atoms with van der Waals surface area (Å²) in [5.74, 6) is 0.269. The van der Waals surface area contributed by atoms with Gasteiger partial charge in [-0.3, -0.25) is 15.4 Å².